The summed E-state index contributed by atoms with van der Waals surface area (Å²) in [6.07, 6.45) is 1.58. The number of nitrogen functional groups attached to an aromatic ring is 1. The van der Waals surface area contributed by atoms with Gasteiger partial charge in [-0.1, -0.05) is 36.0 Å². The van der Waals surface area contributed by atoms with Gasteiger partial charge >= 0.3 is 11.7 Å². The molecule has 0 saturated heterocycles. The fourth-order valence-electron chi connectivity index (χ4n) is 3.02. The Balaban J connectivity index is 1.81. The molecule has 0 spiro atoms. The zero-order chi connectivity index (χ0) is 22.2. The number of H-pyrrole nitrogens is 1. The van der Waals surface area contributed by atoms with Crippen molar-refractivity contribution < 1.29 is 19.7 Å². The number of carbonyl (C=O) groups is 1. The average molecular weight is 448 g/mol. The monoisotopic (exact) mass is 447 g/mol. The molecule has 0 aliphatic heterocycles. The summed E-state index contributed by atoms with van der Waals surface area (Å²) in [6, 6.07) is 7.27. The summed E-state index contributed by atoms with van der Waals surface area (Å²) < 4.78 is 6.38. The second-order valence-corrected chi connectivity index (χ2v) is 7.89. The van der Waals surface area contributed by atoms with Crippen LogP contribution in [0.1, 0.15) is 24.0 Å². The Hall–Kier alpha value is -2.89. The molecule has 0 amide bonds. The van der Waals surface area contributed by atoms with Crippen LogP contribution in [0.4, 0.5) is 5.82 Å². The van der Waals surface area contributed by atoms with Crippen molar-refractivity contribution in [2.24, 2.45) is 0 Å². The van der Waals surface area contributed by atoms with Crippen LogP contribution in [0.15, 0.2) is 34.2 Å². The molecule has 10 nitrogen and oxygen atoms in total. The van der Waals surface area contributed by atoms with Gasteiger partial charge < -0.3 is 25.7 Å². The number of nitrogens with one attached hydrogen (secondary N) is 1. The van der Waals surface area contributed by atoms with Crippen molar-refractivity contribution in [1.29, 1.82) is 0 Å². The second-order valence-electron chi connectivity index (χ2n) is 6.83. The number of carbonyl (C=O) groups excluding carboxylic acids is 1. The second kappa shape index (κ2) is 10.9. The van der Waals surface area contributed by atoms with Crippen LogP contribution in [0, 0.1) is 0 Å². The summed E-state index contributed by atoms with van der Waals surface area (Å²) in [5.74, 6) is 0.499. The molecule has 2 heterocycles. The number of hydrogen-bond donors (Lipinski definition) is 4. The quantitative estimate of drug-likeness (QED) is 0.144. The number of hydrogen-bond acceptors (Lipinski definition) is 9. The van der Waals surface area contributed by atoms with E-state index < -0.39 is 5.97 Å². The summed E-state index contributed by atoms with van der Waals surface area (Å²) in [5, 5.41) is 18.1. The average Bonchev–Trinajstić information content (AvgIpc) is 3.06. The number of rotatable bonds is 11. The predicted octanol–water partition coefficient (Wildman–Crippen LogP) is 0.693. The molecule has 0 aliphatic carbocycles. The fraction of sp³-hybridized carbons (Fsp3) is 0.400. The van der Waals surface area contributed by atoms with Crippen molar-refractivity contribution in [1.82, 2.24) is 19.5 Å². The van der Waals surface area contributed by atoms with Gasteiger partial charge in [0.05, 0.1) is 19.6 Å². The largest absolute Gasteiger partial charge is 0.463 e. The normalized spacial score (nSPS) is 11.2. The Bertz CT molecular complexity index is 1100. The van der Waals surface area contributed by atoms with Crippen LogP contribution >= 0.6 is 11.8 Å². The maximum atomic E-state index is 12.5. The number of imidazole rings is 1. The highest BCUT2D eigenvalue weighted by Gasteiger charge is 2.15. The van der Waals surface area contributed by atoms with Crippen molar-refractivity contribution >= 4 is 34.7 Å². The standard InChI is InChI=1S/C20H25N5O5S/c21-17-16-18(24-19(23-17)31-9-2-1-6-26)25(20(29)22-16)12-14-5-3-4-13(10-14)11-15(28)30-8-7-27/h3-5,10,26-27H,1-2,6-9,11-12H2,(H,22,29)(H2,21,23,24). The van der Waals surface area contributed by atoms with Gasteiger partial charge in [-0.25, -0.2) is 14.8 Å². The first kappa shape index (κ1) is 22.8. The van der Waals surface area contributed by atoms with Crippen molar-refractivity contribution in [2.45, 2.75) is 31.0 Å². The van der Waals surface area contributed by atoms with Gasteiger partial charge in [-0.3, -0.25) is 9.36 Å². The molecular weight excluding hydrogens is 422 g/mol. The van der Waals surface area contributed by atoms with E-state index in [0.717, 1.165) is 23.3 Å². The molecule has 0 saturated carbocycles. The first-order valence-electron chi connectivity index (χ1n) is 9.85. The van der Waals surface area contributed by atoms with Gasteiger partial charge in [-0.2, -0.15) is 0 Å². The van der Waals surface area contributed by atoms with E-state index in [1.807, 2.05) is 12.1 Å². The molecule has 1 aromatic carbocycles. The third-order valence-corrected chi connectivity index (χ3v) is 5.38. The van der Waals surface area contributed by atoms with E-state index in [1.165, 1.54) is 16.3 Å². The lowest BCUT2D eigenvalue weighted by Gasteiger charge is -2.08. The summed E-state index contributed by atoms with van der Waals surface area (Å²) in [5.41, 5.74) is 8.01. The van der Waals surface area contributed by atoms with Crippen molar-refractivity contribution in [3.05, 3.63) is 45.9 Å². The number of aromatic amines is 1. The number of esters is 1. The Morgan fingerprint density at radius 1 is 1.19 bits per heavy atom. The van der Waals surface area contributed by atoms with Gasteiger partial charge in [0.2, 0.25) is 0 Å². The summed E-state index contributed by atoms with van der Waals surface area (Å²) >= 11 is 1.42. The van der Waals surface area contributed by atoms with Crippen LogP contribution in [0.2, 0.25) is 0 Å². The number of thioether (sulfide) groups is 1. The van der Waals surface area contributed by atoms with Gasteiger partial charge in [0.15, 0.2) is 16.6 Å². The van der Waals surface area contributed by atoms with Gasteiger partial charge in [-0.15, -0.1) is 0 Å². The highest BCUT2D eigenvalue weighted by atomic mass is 32.2. The number of nitrogens with two attached hydrogens (primary N) is 1. The smallest absolute Gasteiger partial charge is 0.328 e. The highest BCUT2D eigenvalue weighted by molar-refractivity contribution is 7.99. The lowest BCUT2D eigenvalue weighted by Crippen LogP contribution is -2.18. The third kappa shape index (κ3) is 6.06. The number of unbranched alkanes of at least 4 members (excludes halogenated alkanes) is 1. The van der Waals surface area contributed by atoms with Crippen LogP contribution in [0.5, 0.6) is 0 Å². The maximum Gasteiger partial charge on any atom is 0.328 e. The van der Waals surface area contributed by atoms with Crippen LogP contribution in [-0.4, -0.2) is 61.3 Å². The molecule has 5 N–H and O–H groups in total. The van der Waals surface area contributed by atoms with Crippen LogP contribution < -0.4 is 11.4 Å². The molecule has 0 aliphatic rings. The molecular formula is C20H25N5O5S. The number of aromatic nitrogens is 4. The number of aliphatic hydroxyl groups excluding tert-OH is 2. The number of fused-ring (bicyclic) bond motifs is 1. The molecule has 3 rings (SSSR count). The molecule has 0 bridgehead atoms. The van der Waals surface area contributed by atoms with E-state index in [4.69, 9.17) is 20.7 Å². The van der Waals surface area contributed by atoms with Crippen molar-refractivity contribution in [2.75, 3.05) is 31.3 Å². The van der Waals surface area contributed by atoms with E-state index in [2.05, 4.69) is 15.0 Å². The lowest BCUT2D eigenvalue weighted by molar-refractivity contribution is -0.143. The van der Waals surface area contributed by atoms with Crippen LogP contribution in [0.3, 0.4) is 0 Å². The van der Waals surface area contributed by atoms with E-state index in [1.54, 1.807) is 12.1 Å². The Morgan fingerprint density at radius 2 is 2.00 bits per heavy atom. The predicted molar refractivity (Wildman–Crippen MR) is 117 cm³/mol. The van der Waals surface area contributed by atoms with E-state index in [9.17, 15) is 9.59 Å². The number of anilines is 1. The number of aliphatic hydroxyl groups is 2. The minimum Gasteiger partial charge on any atom is -0.463 e. The van der Waals surface area contributed by atoms with Gasteiger partial charge in [0.1, 0.15) is 12.1 Å². The molecule has 31 heavy (non-hydrogen) atoms. The molecule has 0 unspecified atom stereocenters. The lowest BCUT2D eigenvalue weighted by atomic mass is 10.1. The van der Waals surface area contributed by atoms with Gasteiger partial charge in [0.25, 0.3) is 0 Å². The Kier molecular flexibility index (Phi) is 8.04. The topological polar surface area (TPSA) is 156 Å². The zero-order valence-electron chi connectivity index (χ0n) is 16.9. The molecule has 11 heteroatoms. The summed E-state index contributed by atoms with van der Waals surface area (Å²) in [6.45, 7) is 0.119. The first-order valence-corrected chi connectivity index (χ1v) is 10.8. The van der Waals surface area contributed by atoms with E-state index >= 15 is 0 Å². The first-order chi connectivity index (χ1) is 15.0. The molecule has 0 fully saturated rings. The number of benzene rings is 1. The fourth-order valence-corrected chi connectivity index (χ4v) is 3.86. The van der Waals surface area contributed by atoms with E-state index in [0.29, 0.717) is 22.7 Å². The summed E-state index contributed by atoms with van der Waals surface area (Å²) in [7, 11) is 0. The Morgan fingerprint density at radius 3 is 2.77 bits per heavy atom. The van der Waals surface area contributed by atoms with Crippen molar-refractivity contribution in [3.8, 4) is 0 Å². The van der Waals surface area contributed by atoms with E-state index in [-0.39, 0.29) is 44.3 Å². The molecule has 0 radical (unpaired) electrons. The summed E-state index contributed by atoms with van der Waals surface area (Å²) in [4.78, 5) is 35.8. The molecule has 166 valence electrons. The van der Waals surface area contributed by atoms with Crippen LogP contribution in [0.25, 0.3) is 11.2 Å². The highest BCUT2D eigenvalue weighted by Crippen LogP contribution is 2.22. The zero-order valence-corrected chi connectivity index (χ0v) is 17.7. The van der Waals surface area contributed by atoms with Gasteiger partial charge in [-0.05, 0) is 24.0 Å². The maximum absolute atomic E-state index is 12.5. The molecule has 0 atom stereocenters. The molecule has 3 aromatic rings. The Labute approximate surface area is 182 Å². The number of nitrogens with zero attached hydrogens (tertiary/aromatic N) is 3. The van der Waals surface area contributed by atoms with Gasteiger partial charge in [0, 0.05) is 12.4 Å². The third-order valence-electron chi connectivity index (χ3n) is 4.45. The number of ether oxygens (including phenoxy) is 1. The van der Waals surface area contributed by atoms with Crippen LogP contribution in [-0.2, 0) is 22.5 Å². The van der Waals surface area contributed by atoms with Crippen molar-refractivity contribution in [3.63, 3.8) is 0 Å². The minimum absolute atomic E-state index is 0.0370. The minimum atomic E-state index is -0.432. The molecule has 2 aromatic heterocycles. The SMILES string of the molecule is Nc1nc(SCCCCO)nc2c1[nH]c(=O)n2Cc1cccc(CC(=O)OCCO)c1.